The molecule has 0 aliphatic carbocycles. The highest BCUT2D eigenvalue weighted by atomic mass is 19.4. The van der Waals surface area contributed by atoms with Crippen molar-refractivity contribution in [2.75, 3.05) is 13.1 Å². The Morgan fingerprint density at radius 1 is 1.24 bits per heavy atom. The number of nitrogens with zero attached hydrogens (tertiary/aromatic N) is 3. The average molecular weight is 408 g/mol. The number of alkyl halides is 3. The Hall–Kier alpha value is -2.68. The monoisotopic (exact) mass is 408 g/mol. The number of rotatable bonds is 4. The molecule has 0 saturated carbocycles. The molecule has 2 N–H and O–H groups in total. The third-order valence-corrected chi connectivity index (χ3v) is 5.13. The number of amides is 1. The molecular formula is C20H23F3N4O2. The summed E-state index contributed by atoms with van der Waals surface area (Å²) in [6.45, 7) is 5.01. The molecule has 3 rings (SSSR count). The van der Waals surface area contributed by atoms with Crippen molar-refractivity contribution >= 4 is 5.91 Å². The quantitative estimate of drug-likeness (QED) is 0.812. The SMILES string of the molecule is CC(=O)N1CCC(NCc2ccc(-c3c(C)cc(C(F)(F)F)cc3O)nn2)CC1. The molecule has 29 heavy (non-hydrogen) atoms. The van der Waals surface area contributed by atoms with E-state index in [1.165, 1.54) is 6.92 Å². The van der Waals surface area contributed by atoms with Crippen LogP contribution in [-0.4, -0.2) is 45.2 Å². The summed E-state index contributed by atoms with van der Waals surface area (Å²) in [5, 5.41) is 21.7. The molecule has 1 aromatic carbocycles. The minimum Gasteiger partial charge on any atom is -0.507 e. The molecule has 0 radical (unpaired) electrons. The lowest BCUT2D eigenvalue weighted by Crippen LogP contribution is -2.44. The fourth-order valence-corrected chi connectivity index (χ4v) is 3.50. The standard InChI is InChI=1S/C20H23F3N4O2/c1-12-9-14(20(21,22)23)10-18(29)19(12)17-4-3-16(25-26-17)11-24-15-5-7-27(8-6-15)13(2)28/h3-4,9-10,15,24,29H,5-8,11H2,1-2H3. The first-order valence-electron chi connectivity index (χ1n) is 9.38. The second-order valence-corrected chi connectivity index (χ2v) is 7.26. The van der Waals surface area contributed by atoms with Gasteiger partial charge in [0.15, 0.2) is 0 Å². The summed E-state index contributed by atoms with van der Waals surface area (Å²) in [6.07, 6.45) is -2.80. The molecule has 0 unspecified atom stereocenters. The zero-order chi connectivity index (χ0) is 21.2. The van der Waals surface area contributed by atoms with Crippen LogP contribution in [0.1, 0.15) is 36.6 Å². The predicted molar refractivity (Wildman–Crippen MR) is 101 cm³/mol. The Balaban J connectivity index is 1.64. The van der Waals surface area contributed by atoms with E-state index in [-0.39, 0.29) is 23.1 Å². The molecule has 6 nitrogen and oxygen atoms in total. The van der Waals surface area contributed by atoms with E-state index in [0.29, 0.717) is 24.0 Å². The third kappa shape index (κ3) is 5.03. The molecule has 0 bridgehead atoms. The summed E-state index contributed by atoms with van der Waals surface area (Å²) in [4.78, 5) is 13.2. The second-order valence-electron chi connectivity index (χ2n) is 7.26. The van der Waals surface area contributed by atoms with E-state index in [9.17, 15) is 23.1 Å². The number of carbonyl (C=O) groups excluding carboxylic acids is 1. The van der Waals surface area contributed by atoms with E-state index in [1.807, 2.05) is 4.90 Å². The molecule has 1 aromatic heterocycles. The van der Waals surface area contributed by atoms with Gasteiger partial charge in [0.25, 0.3) is 0 Å². The van der Waals surface area contributed by atoms with Gasteiger partial charge in [-0.05, 0) is 49.6 Å². The number of nitrogens with one attached hydrogen (secondary N) is 1. The van der Waals surface area contributed by atoms with Crippen LogP contribution in [0.4, 0.5) is 13.2 Å². The molecule has 1 aliphatic heterocycles. The summed E-state index contributed by atoms with van der Waals surface area (Å²) in [5.74, 6) is -0.388. The van der Waals surface area contributed by atoms with E-state index >= 15 is 0 Å². The fourth-order valence-electron chi connectivity index (χ4n) is 3.50. The maximum Gasteiger partial charge on any atom is 0.416 e. The summed E-state index contributed by atoms with van der Waals surface area (Å²) in [5.41, 5.74) is 0.608. The van der Waals surface area contributed by atoms with Gasteiger partial charge in [0.05, 0.1) is 17.0 Å². The number of benzene rings is 1. The van der Waals surface area contributed by atoms with Crippen LogP contribution < -0.4 is 5.32 Å². The summed E-state index contributed by atoms with van der Waals surface area (Å²) < 4.78 is 38.6. The van der Waals surface area contributed by atoms with Crippen molar-refractivity contribution in [1.29, 1.82) is 0 Å². The van der Waals surface area contributed by atoms with Gasteiger partial charge in [0.1, 0.15) is 5.75 Å². The maximum atomic E-state index is 12.9. The van der Waals surface area contributed by atoms with Crippen LogP contribution >= 0.6 is 0 Å². The second kappa shape index (κ2) is 8.36. The number of likely N-dealkylation sites (tertiary alicyclic amines) is 1. The van der Waals surface area contributed by atoms with Crippen molar-refractivity contribution in [3.8, 4) is 17.0 Å². The van der Waals surface area contributed by atoms with E-state index in [4.69, 9.17) is 0 Å². The first-order chi connectivity index (χ1) is 13.6. The smallest absolute Gasteiger partial charge is 0.416 e. The van der Waals surface area contributed by atoms with Gasteiger partial charge in [-0.3, -0.25) is 4.79 Å². The van der Waals surface area contributed by atoms with Crippen molar-refractivity contribution in [3.05, 3.63) is 41.1 Å². The van der Waals surface area contributed by atoms with Crippen LogP contribution in [0.5, 0.6) is 5.75 Å². The molecular weight excluding hydrogens is 385 g/mol. The Labute approximate surface area is 166 Å². The van der Waals surface area contributed by atoms with Crippen molar-refractivity contribution in [2.45, 2.75) is 45.5 Å². The van der Waals surface area contributed by atoms with Crippen molar-refractivity contribution in [2.24, 2.45) is 0 Å². The molecule has 156 valence electrons. The highest BCUT2D eigenvalue weighted by Gasteiger charge is 2.32. The lowest BCUT2D eigenvalue weighted by molar-refractivity contribution is -0.137. The van der Waals surface area contributed by atoms with Gasteiger partial charge in [-0.1, -0.05) is 0 Å². The number of aromatic hydroxyl groups is 1. The van der Waals surface area contributed by atoms with E-state index in [1.54, 1.807) is 19.1 Å². The predicted octanol–water partition coefficient (Wildman–Crippen LogP) is 3.28. The summed E-state index contributed by atoms with van der Waals surface area (Å²) in [7, 11) is 0. The van der Waals surface area contributed by atoms with Crippen LogP contribution in [-0.2, 0) is 17.5 Å². The molecule has 1 fully saturated rings. The Bertz CT molecular complexity index is 853. The van der Waals surface area contributed by atoms with Gasteiger partial charge >= 0.3 is 6.18 Å². The molecule has 2 heterocycles. The van der Waals surface area contributed by atoms with Crippen LogP contribution in [0.25, 0.3) is 11.3 Å². The number of hydrogen-bond donors (Lipinski definition) is 2. The third-order valence-electron chi connectivity index (χ3n) is 5.13. The van der Waals surface area contributed by atoms with Gasteiger partial charge in [-0.2, -0.15) is 23.4 Å². The Morgan fingerprint density at radius 3 is 2.45 bits per heavy atom. The fraction of sp³-hybridized carbons (Fsp3) is 0.450. The number of phenolic OH excluding ortho intramolecular Hbond substituents is 1. The number of aryl methyl sites for hydroxylation is 1. The number of aromatic nitrogens is 2. The van der Waals surface area contributed by atoms with Crippen molar-refractivity contribution < 1.29 is 23.1 Å². The minimum atomic E-state index is -4.53. The molecule has 9 heteroatoms. The molecule has 1 saturated heterocycles. The van der Waals surface area contributed by atoms with Gasteiger partial charge in [-0.25, -0.2) is 0 Å². The number of piperidine rings is 1. The topological polar surface area (TPSA) is 78.4 Å². The van der Waals surface area contributed by atoms with Crippen LogP contribution in [0.3, 0.4) is 0 Å². The number of halogens is 3. The lowest BCUT2D eigenvalue weighted by Gasteiger charge is -2.31. The van der Waals surface area contributed by atoms with E-state index in [2.05, 4.69) is 15.5 Å². The Kier molecular flexibility index (Phi) is 6.07. The van der Waals surface area contributed by atoms with Gasteiger partial charge in [-0.15, -0.1) is 0 Å². The summed E-state index contributed by atoms with van der Waals surface area (Å²) in [6, 6.07) is 5.34. The van der Waals surface area contributed by atoms with Crippen molar-refractivity contribution in [1.82, 2.24) is 20.4 Å². The number of hydrogen-bond acceptors (Lipinski definition) is 5. The van der Waals surface area contributed by atoms with E-state index < -0.39 is 17.5 Å². The minimum absolute atomic E-state index is 0.0896. The first-order valence-corrected chi connectivity index (χ1v) is 9.38. The number of carbonyl (C=O) groups is 1. The molecule has 1 aliphatic rings. The molecule has 2 aromatic rings. The molecule has 1 amide bonds. The van der Waals surface area contributed by atoms with Gasteiger partial charge in [0, 0.05) is 38.2 Å². The lowest BCUT2D eigenvalue weighted by atomic mass is 10.0. The zero-order valence-electron chi connectivity index (χ0n) is 16.3. The largest absolute Gasteiger partial charge is 0.507 e. The molecule has 0 spiro atoms. The highest BCUT2D eigenvalue weighted by molar-refractivity contribution is 5.73. The van der Waals surface area contributed by atoms with E-state index in [0.717, 1.165) is 32.0 Å². The average Bonchev–Trinajstić information content (AvgIpc) is 2.66. The van der Waals surface area contributed by atoms with Crippen molar-refractivity contribution in [3.63, 3.8) is 0 Å². The van der Waals surface area contributed by atoms with Crippen LogP contribution in [0, 0.1) is 6.92 Å². The normalized spacial score (nSPS) is 15.6. The first kappa shape index (κ1) is 21.0. The highest BCUT2D eigenvalue weighted by Crippen LogP contribution is 2.38. The van der Waals surface area contributed by atoms with Gasteiger partial charge in [0.2, 0.25) is 5.91 Å². The molecule has 0 atom stereocenters. The zero-order valence-corrected chi connectivity index (χ0v) is 16.3. The van der Waals surface area contributed by atoms with Gasteiger partial charge < -0.3 is 15.3 Å². The van der Waals surface area contributed by atoms with Crippen LogP contribution in [0.15, 0.2) is 24.3 Å². The number of phenols is 1. The van der Waals surface area contributed by atoms with Crippen LogP contribution in [0.2, 0.25) is 0 Å². The maximum absolute atomic E-state index is 12.9. The Morgan fingerprint density at radius 2 is 1.93 bits per heavy atom. The summed E-state index contributed by atoms with van der Waals surface area (Å²) >= 11 is 0.